The Morgan fingerprint density at radius 2 is 1.64 bits per heavy atom. The second-order valence-electron chi connectivity index (χ2n) is 6.34. The number of ether oxygens (including phenoxy) is 1. The molecule has 0 saturated carbocycles. The smallest absolute Gasteiger partial charge is 0.331 e. The van der Waals surface area contributed by atoms with Gasteiger partial charge in [0, 0.05) is 48.0 Å². The second kappa shape index (κ2) is 9.62. The van der Waals surface area contributed by atoms with E-state index < -0.39 is 5.97 Å². The molecular weight excluding hydrogens is 399 g/mol. The quantitative estimate of drug-likeness (QED) is 0.545. The molecule has 1 aliphatic heterocycles. The zero-order valence-corrected chi connectivity index (χ0v) is 16.7. The molecular formula is C21H20Cl2N2O3. The molecule has 5 nitrogen and oxygen atoms in total. The number of hydrogen-bond donors (Lipinski definition) is 0. The zero-order chi connectivity index (χ0) is 19.9. The summed E-state index contributed by atoms with van der Waals surface area (Å²) < 4.78 is 5.06. The van der Waals surface area contributed by atoms with E-state index in [-0.39, 0.29) is 12.5 Å². The number of esters is 1. The van der Waals surface area contributed by atoms with E-state index in [2.05, 4.69) is 4.90 Å². The summed E-state index contributed by atoms with van der Waals surface area (Å²) in [4.78, 5) is 28.0. The second-order valence-corrected chi connectivity index (χ2v) is 7.22. The Bertz CT molecular complexity index is 877. The molecule has 0 bridgehead atoms. The Morgan fingerprint density at radius 3 is 2.32 bits per heavy atom. The molecule has 1 saturated heterocycles. The monoisotopic (exact) mass is 418 g/mol. The Labute approximate surface area is 174 Å². The first kappa shape index (κ1) is 20.2. The van der Waals surface area contributed by atoms with Crippen LogP contribution in [-0.4, -0.2) is 49.6 Å². The van der Waals surface area contributed by atoms with Gasteiger partial charge in [-0.3, -0.25) is 4.79 Å². The molecule has 2 aromatic carbocycles. The average Bonchev–Trinajstić information content (AvgIpc) is 2.70. The van der Waals surface area contributed by atoms with Gasteiger partial charge in [0.05, 0.1) is 0 Å². The third kappa shape index (κ3) is 5.75. The molecule has 0 N–H and O–H groups in total. The van der Waals surface area contributed by atoms with Crippen molar-refractivity contribution in [1.82, 2.24) is 4.90 Å². The number of carbonyl (C=O) groups is 2. The lowest BCUT2D eigenvalue weighted by Crippen LogP contribution is -2.49. The van der Waals surface area contributed by atoms with Gasteiger partial charge in [0.1, 0.15) is 0 Å². The maximum Gasteiger partial charge on any atom is 0.331 e. The lowest BCUT2D eigenvalue weighted by atomic mass is 10.2. The summed E-state index contributed by atoms with van der Waals surface area (Å²) in [5.74, 6) is -0.763. The van der Waals surface area contributed by atoms with Crippen LogP contribution in [0.1, 0.15) is 5.56 Å². The van der Waals surface area contributed by atoms with Gasteiger partial charge < -0.3 is 14.5 Å². The van der Waals surface area contributed by atoms with Crippen molar-refractivity contribution in [2.75, 3.05) is 37.7 Å². The zero-order valence-electron chi connectivity index (χ0n) is 15.2. The van der Waals surface area contributed by atoms with E-state index in [0.29, 0.717) is 36.2 Å². The maximum atomic E-state index is 12.3. The van der Waals surface area contributed by atoms with Crippen LogP contribution in [0, 0.1) is 0 Å². The van der Waals surface area contributed by atoms with E-state index in [0.717, 1.165) is 11.3 Å². The third-order valence-corrected chi connectivity index (χ3v) is 4.87. The number of hydrogen-bond acceptors (Lipinski definition) is 4. The Morgan fingerprint density at radius 1 is 0.964 bits per heavy atom. The van der Waals surface area contributed by atoms with Gasteiger partial charge in [-0.15, -0.1) is 0 Å². The number of piperazine rings is 1. The van der Waals surface area contributed by atoms with Gasteiger partial charge in [-0.25, -0.2) is 4.79 Å². The summed E-state index contributed by atoms with van der Waals surface area (Å²) in [5, 5.41) is 1.27. The van der Waals surface area contributed by atoms with E-state index in [1.165, 1.54) is 6.08 Å². The number of carbonyl (C=O) groups excluding carboxylic acids is 2. The van der Waals surface area contributed by atoms with Crippen molar-refractivity contribution in [3.05, 3.63) is 70.2 Å². The van der Waals surface area contributed by atoms with Gasteiger partial charge in [-0.1, -0.05) is 41.4 Å². The molecule has 146 valence electrons. The average molecular weight is 419 g/mol. The van der Waals surface area contributed by atoms with Crippen molar-refractivity contribution in [2.24, 2.45) is 0 Å². The van der Waals surface area contributed by atoms with Crippen LogP contribution >= 0.6 is 23.2 Å². The van der Waals surface area contributed by atoms with Crippen LogP contribution in [0.5, 0.6) is 0 Å². The molecule has 1 heterocycles. The molecule has 0 radical (unpaired) electrons. The molecule has 0 atom stereocenters. The van der Waals surface area contributed by atoms with Crippen molar-refractivity contribution in [1.29, 1.82) is 0 Å². The molecule has 0 aromatic heterocycles. The lowest BCUT2D eigenvalue weighted by molar-refractivity contribution is -0.148. The van der Waals surface area contributed by atoms with Gasteiger partial charge in [0.25, 0.3) is 5.91 Å². The first-order valence-corrected chi connectivity index (χ1v) is 9.65. The lowest BCUT2D eigenvalue weighted by Gasteiger charge is -2.36. The molecule has 1 amide bonds. The van der Waals surface area contributed by atoms with Crippen LogP contribution in [0.25, 0.3) is 6.08 Å². The fourth-order valence-corrected chi connectivity index (χ4v) is 3.32. The normalized spacial score (nSPS) is 14.4. The predicted octanol–water partition coefficient (Wildman–Crippen LogP) is 3.90. The summed E-state index contributed by atoms with van der Waals surface area (Å²) in [6.07, 6.45) is 2.89. The summed E-state index contributed by atoms with van der Waals surface area (Å²) >= 11 is 11.9. The minimum atomic E-state index is -0.564. The number of anilines is 1. The topological polar surface area (TPSA) is 49.9 Å². The highest BCUT2D eigenvalue weighted by molar-refractivity contribution is 6.31. The van der Waals surface area contributed by atoms with Crippen molar-refractivity contribution in [3.8, 4) is 0 Å². The fourth-order valence-electron chi connectivity index (χ4n) is 2.93. The van der Waals surface area contributed by atoms with Crippen LogP contribution < -0.4 is 4.90 Å². The van der Waals surface area contributed by atoms with Crippen molar-refractivity contribution >= 4 is 46.8 Å². The Hall–Kier alpha value is -2.50. The minimum Gasteiger partial charge on any atom is -0.452 e. The van der Waals surface area contributed by atoms with Crippen LogP contribution in [0.4, 0.5) is 5.69 Å². The summed E-state index contributed by atoms with van der Waals surface area (Å²) in [6.45, 7) is 2.28. The van der Waals surface area contributed by atoms with E-state index in [4.69, 9.17) is 27.9 Å². The van der Waals surface area contributed by atoms with Gasteiger partial charge in [-0.2, -0.15) is 0 Å². The molecule has 0 spiro atoms. The highest BCUT2D eigenvalue weighted by Crippen LogP contribution is 2.20. The van der Waals surface area contributed by atoms with Crippen LogP contribution in [0.3, 0.4) is 0 Å². The molecule has 1 fully saturated rings. The van der Waals surface area contributed by atoms with E-state index in [1.807, 2.05) is 30.3 Å². The third-order valence-electron chi connectivity index (χ3n) is 4.40. The molecule has 0 aliphatic carbocycles. The largest absolute Gasteiger partial charge is 0.452 e. The Kier molecular flexibility index (Phi) is 6.95. The van der Waals surface area contributed by atoms with E-state index in [9.17, 15) is 9.59 Å². The van der Waals surface area contributed by atoms with Gasteiger partial charge in [-0.05, 0) is 42.0 Å². The highest BCUT2D eigenvalue weighted by atomic mass is 35.5. The van der Waals surface area contributed by atoms with Crippen LogP contribution in [-0.2, 0) is 14.3 Å². The van der Waals surface area contributed by atoms with E-state index >= 15 is 0 Å². The van der Waals surface area contributed by atoms with Crippen molar-refractivity contribution in [3.63, 3.8) is 0 Å². The van der Waals surface area contributed by atoms with Crippen LogP contribution in [0.2, 0.25) is 10.0 Å². The molecule has 3 rings (SSSR count). The molecule has 28 heavy (non-hydrogen) atoms. The molecule has 7 heteroatoms. The highest BCUT2D eigenvalue weighted by Gasteiger charge is 2.22. The summed E-state index contributed by atoms with van der Waals surface area (Å²) in [6, 6.07) is 14.7. The van der Waals surface area contributed by atoms with Gasteiger partial charge >= 0.3 is 5.97 Å². The Balaban J connectivity index is 1.43. The van der Waals surface area contributed by atoms with Gasteiger partial charge in [0.2, 0.25) is 0 Å². The number of halogens is 2. The van der Waals surface area contributed by atoms with Crippen LogP contribution in [0.15, 0.2) is 54.6 Å². The summed E-state index contributed by atoms with van der Waals surface area (Å²) in [7, 11) is 0. The first-order valence-electron chi connectivity index (χ1n) is 8.90. The number of rotatable bonds is 5. The number of benzene rings is 2. The fraction of sp³-hybridized carbons (Fsp3) is 0.238. The van der Waals surface area contributed by atoms with Gasteiger partial charge in [0.15, 0.2) is 6.61 Å². The SMILES string of the molecule is O=C(/C=C/c1cccc(Cl)c1)OCC(=O)N1CCN(c2cccc(Cl)c2)CC1. The number of nitrogens with zero attached hydrogens (tertiary/aromatic N) is 2. The van der Waals surface area contributed by atoms with Crippen molar-refractivity contribution in [2.45, 2.75) is 0 Å². The minimum absolute atomic E-state index is 0.199. The molecule has 1 aliphatic rings. The molecule has 2 aromatic rings. The standard InChI is InChI=1S/C21H20Cl2N2O3/c22-17-4-1-3-16(13-17)7-8-21(27)28-15-20(26)25-11-9-24(10-12-25)19-6-2-5-18(23)14-19/h1-8,13-14H,9-12,15H2/b8-7+. The van der Waals surface area contributed by atoms with Crippen molar-refractivity contribution < 1.29 is 14.3 Å². The number of amides is 1. The first-order chi connectivity index (χ1) is 13.5. The van der Waals surface area contributed by atoms with E-state index in [1.54, 1.807) is 29.2 Å². The predicted molar refractivity (Wildman–Crippen MR) is 112 cm³/mol. The molecule has 0 unspecified atom stereocenters. The maximum absolute atomic E-state index is 12.3. The summed E-state index contributed by atoms with van der Waals surface area (Å²) in [5.41, 5.74) is 1.82.